The molecule has 0 aliphatic rings. The fourth-order valence-corrected chi connectivity index (χ4v) is 2.07. The number of carbonyl (C=O) groups is 1. The van der Waals surface area contributed by atoms with Crippen LogP contribution in [0.15, 0.2) is 18.2 Å². The Kier molecular flexibility index (Phi) is 7.78. The molecule has 3 nitrogen and oxygen atoms in total. The van der Waals surface area contributed by atoms with E-state index >= 15 is 0 Å². The summed E-state index contributed by atoms with van der Waals surface area (Å²) in [6.07, 6.45) is 7.12. The summed E-state index contributed by atoms with van der Waals surface area (Å²) in [6.45, 7) is 4.61. The van der Waals surface area contributed by atoms with Crippen molar-refractivity contribution in [3.05, 3.63) is 29.3 Å². The second-order valence-corrected chi connectivity index (χ2v) is 5.08. The van der Waals surface area contributed by atoms with Crippen LogP contribution in [0.3, 0.4) is 0 Å². The average molecular weight is 278 g/mol. The fourth-order valence-electron chi connectivity index (χ4n) is 2.07. The number of hydrogen-bond acceptors (Lipinski definition) is 3. The molecule has 0 spiro atoms. The van der Waals surface area contributed by atoms with Crippen LogP contribution < -0.4 is 4.74 Å². The van der Waals surface area contributed by atoms with Gasteiger partial charge in [0.1, 0.15) is 5.75 Å². The third-order valence-electron chi connectivity index (χ3n) is 3.40. The summed E-state index contributed by atoms with van der Waals surface area (Å²) < 4.78 is 10.5. The first-order valence-corrected chi connectivity index (χ1v) is 7.50. The van der Waals surface area contributed by atoms with Crippen molar-refractivity contribution in [2.45, 2.75) is 52.4 Å². The van der Waals surface area contributed by atoms with Crippen LogP contribution in [0, 0.1) is 6.92 Å². The van der Waals surface area contributed by atoms with Gasteiger partial charge in [-0.2, -0.15) is 0 Å². The van der Waals surface area contributed by atoms with Gasteiger partial charge in [-0.1, -0.05) is 45.1 Å². The van der Waals surface area contributed by atoms with Crippen molar-refractivity contribution in [3.8, 4) is 5.75 Å². The van der Waals surface area contributed by atoms with Gasteiger partial charge in [0, 0.05) is 0 Å². The number of ether oxygens (including phenoxy) is 2. The van der Waals surface area contributed by atoms with Crippen molar-refractivity contribution < 1.29 is 14.3 Å². The van der Waals surface area contributed by atoms with Crippen LogP contribution in [-0.4, -0.2) is 19.7 Å². The topological polar surface area (TPSA) is 35.5 Å². The molecule has 1 aromatic rings. The minimum absolute atomic E-state index is 0.255. The predicted octanol–water partition coefficient (Wildman–Crippen LogP) is 4.52. The summed E-state index contributed by atoms with van der Waals surface area (Å²) in [7, 11) is 1.59. The number of aryl methyl sites for hydroxylation is 1. The molecule has 0 saturated heterocycles. The number of benzene rings is 1. The number of methoxy groups -OCH3 is 1. The molecule has 0 unspecified atom stereocenters. The van der Waals surface area contributed by atoms with Gasteiger partial charge in [0.2, 0.25) is 0 Å². The van der Waals surface area contributed by atoms with E-state index in [0.29, 0.717) is 17.9 Å². The largest absolute Gasteiger partial charge is 0.497 e. The van der Waals surface area contributed by atoms with E-state index in [-0.39, 0.29) is 5.97 Å². The van der Waals surface area contributed by atoms with Crippen LogP contribution in [0.2, 0.25) is 0 Å². The summed E-state index contributed by atoms with van der Waals surface area (Å²) in [6, 6.07) is 5.46. The van der Waals surface area contributed by atoms with Crippen LogP contribution in [0.1, 0.15) is 61.4 Å². The predicted molar refractivity (Wildman–Crippen MR) is 81.4 cm³/mol. The van der Waals surface area contributed by atoms with Crippen molar-refractivity contribution in [1.29, 1.82) is 0 Å². The lowest BCUT2D eigenvalue weighted by atomic mass is 10.1. The molecule has 0 saturated carbocycles. The number of carbonyl (C=O) groups excluding carboxylic acids is 1. The smallest absolute Gasteiger partial charge is 0.338 e. The van der Waals surface area contributed by atoms with Gasteiger partial charge in [-0.05, 0) is 31.0 Å². The van der Waals surface area contributed by atoms with Crippen LogP contribution in [0.25, 0.3) is 0 Å². The highest BCUT2D eigenvalue weighted by molar-refractivity contribution is 5.91. The molecule has 1 aromatic carbocycles. The maximum absolute atomic E-state index is 12.0. The van der Waals surface area contributed by atoms with Crippen molar-refractivity contribution in [2.24, 2.45) is 0 Å². The molecular formula is C17H26O3. The van der Waals surface area contributed by atoms with Crippen molar-refractivity contribution >= 4 is 5.97 Å². The average Bonchev–Trinajstić information content (AvgIpc) is 2.46. The highest BCUT2D eigenvalue weighted by Crippen LogP contribution is 2.18. The maximum Gasteiger partial charge on any atom is 0.338 e. The van der Waals surface area contributed by atoms with E-state index in [1.165, 1.54) is 25.7 Å². The highest BCUT2D eigenvalue weighted by Gasteiger charge is 2.11. The minimum atomic E-state index is -0.255. The van der Waals surface area contributed by atoms with Gasteiger partial charge in [0.05, 0.1) is 19.3 Å². The SMILES string of the molecule is CCCCCCCCOC(=O)c1cc(OC)ccc1C. The lowest BCUT2D eigenvalue weighted by molar-refractivity contribution is 0.0496. The van der Waals surface area contributed by atoms with E-state index in [1.54, 1.807) is 13.2 Å². The third-order valence-corrected chi connectivity index (χ3v) is 3.40. The van der Waals surface area contributed by atoms with Crippen molar-refractivity contribution in [1.82, 2.24) is 0 Å². The van der Waals surface area contributed by atoms with E-state index in [1.807, 2.05) is 19.1 Å². The molecule has 0 aliphatic heterocycles. The van der Waals surface area contributed by atoms with E-state index < -0.39 is 0 Å². The van der Waals surface area contributed by atoms with Crippen LogP contribution >= 0.6 is 0 Å². The van der Waals surface area contributed by atoms with Crippen molar-refractivity contribution in [3.63, 3.8) is 0 Å². The Labute approximate surface area is 122 Å². The Morgan fingerprint density at radius 3 is 2.50 bits per heavy atom. The molecule has 0 aliphatic carbocycles. The number of rotatable bonds is 9. The summed E-state index contributed by atoms with van der Waals surface area (Å²) in [5.41, 5.74) is 1.51. The molecule has 0 aromatic heterocycles. The number of esters is 1. The van der Waals surface area contributed by atoms with Gasteiger partial charge in [-0.3, -0.25) is 0 Å². The standard InChI is InChI=1S/C17H26O3/c1-4-5-6-7-8-9-12-20-17(18)16-13-15(19-3)11-10-14(16)2/h10-11,13H,4-9,12H2,1-3H3. The minimum Gasteiger partial charge on any atom is -0.497 e. The highest BCUT2D eigenvalue weighted by atomic mass is 16.5. The van der Waals surface area contributed by atoms with Crippen LogP contribution in [0.4, 0.5) is 0 Å². The first-order valence-electron chi connectivity index (χ1n) is 7.50. The Morgan fingerprint density at radius 2 is 1.80 bits per heavy atom. The molecule has 112 valence electrons. The van der Waals surface area contributed by atoms with Gasteiger partial charge in [-0.15, -0.1) is 0 Å². The van der Waals surface area contributed by atoms with Gasteiger partial charge in [0.25, 0.3) is 0 Å². The molecule has 0 fully saturated rings. The quantitative estimate of drug-likeness (QED) is 0.492. The Bertz CT molecular complexity index is 413. The second-order valence-electron chi connectivity index (χ2n) is 5.08. The fraction of sp³-hybridized carbons (Fsp3) is 0.588. The van der Waals surface area contributed by atoms with Gasteiger partial charge in [0.15, 0.2) is 0 Å². The summed E-state index contributed by atoms with van der Waals surface area (Å²) in [4.78, 5) is 12.0. The normalized spacial score (nSPS) is 10.3. The van der Waals surface area contributed by atoms with Gasteiger partial charge in [-0.25, -0.2) is 4.79 Å². The zero-order valence-corrected chi connectivity index (χ0v) is 12.9. The lowest BCUT2D eigenvalue weighted by Gasteiger charge is -2.09. The first-order chi connectivity index (χ1) is 9.69. The zero-order chi connectivity index (χ0) is 14.8. The summed E-state index contributed by atoms with van der Waals surface area (Å²) >= 11 is 0. The Hall–Kier alpha value is -1.51. The molecule has 0 atom stereocenters. The van der Waals surface area contributed by atoms with Crippen LogP contribution in [-0.2, 0) is 4.74 Å². The Balaban J connectivity index is 2.32. The second kappa shape index (κ2) is 9.40. The zero-order valence-electron chi connectivity index (χ0n) is 12.9. The summed E-state index contributed by atoms with van der Waals surface area (Å²) in [5, 5.41) is 0. The van der Waals surface area contributed by atoms with Gasteiger partial charge < -0.3 is 9.47 Å². The first kappa shape index (κ1) is 16.5. The molecule has 0 radical (unpaired) electrons. The molecule has 0 heterocycles. The maximum atomic E-state index is 12.0. The summed E-state index contributed by atoms with van der Waals surface area (Å²) in [5.74, 6) is 0.428. The monoisotopic (exact) mass is 278 g/mol. The molecule has 0 amide bonds. The molecule has 1 rings (SSSR count). The van der Waals surface area contributed by atoms with E-state index in [4.69, 9.17) is 9.47 Å². The van der Waals surface area contributed by atoms with E-state index in [0.717, 1.165) is 18.4 Å². The molecular weight excluding hydrogens is 252 g/mol. The van der Waals surface area contributed by atoms with Crippen LogP contribution in [0.5, 0.6) is 5.75 Å². The molecule has 3 heteroatoms. The number of unbranched alkanes of at least 4 members (excludes halogenated alkanes) is 5. The molecule has 0 bridgehead atoms. The van der Waals surface area contributed by atoms with E-state index in [2.05, 4.69) is 6.92 Å². The molecule has 0 N–H and O–H groups in total. The number of hydrogen-bond donors (Lipinski definition) is 0. The molecule has 20 heavy (non-hydrogen) atoms. The third kappa shape index (κ3) is 5.64. The van der Waals surface area contributed by atoms with Gasteiger partial charge >= 0.3 is 5.97 Å². The van der Waals surface area contributed by atoms with Crippen molar-refractivity contribution in [2.75, 3.05) is 13.7 Å². The lowest BCUT2D eigenvalue weighted by Crippen LogP contribution is -2.08. The Morgan fingerprint density at radius 1 is 1.10 bits per heavy atom. The van der Waals surface area contributed by atoms with E-state index in [9.17, 15) is 4.79 Å².